The Kier molecular flexibility index (Phi) is 5.18. The fourth-order valence-electron chi connectivity index (χ4n) is 4.04. The molecule has 0 spiro atoms. The van der Waals surface area contributed by atoms with Crippen molar-refractivity contribution in [3.63, 3.8) is 0 Å². The van der Waals surface area contributed by atoms with Crippen molar-refractivity contribution < 1.29 is 4.39 Å². The first-order valence-corrected chi connectivity index (χ1v) is 10.4. The van der Waals surface area contributed by atoms with Crippen molar-refractivity contribution in [1.82, 2.24) is 24.8 Å². The number of nitrogens with one attached hydrogen (secondary N) is 1. The van der Waals surface area contributed by atoms with Crippen molar-refractivity contribution >= 4 is 17.3 Å². The summed E-state index contributed by atoms with van der Waals surface area (Å²) in [5.41, 5.74) is 3.76. The molecule has 0 amide bonds. The molecule has 31 heavy (non-hydrogen) atoms. The van der Waals surface area contributed by atoms with Gasteiger partial charge in [-0.25, -0.2) is 4.39 Å². The van der Waals surface area contributed by atoms with Crippen LogP contribution in [0.4, 0.5) is 4.39 Å². The number of nitrogens with zero attached hydrogens (tertiary/aromatic N) is 4. The van der Waals surface area contributed by atoms with E-state index < -0.39 is 0 Å². The topological polar surface area (TPSA) is 46.0 Å². The second-order valence-electron chi connectivity index (χ2n) is 7.36. The molecule has 0 radical (unpaired) electrons. The second kappa shape index (κ2) is 8.28. The highest BCUT2D eigenvalue weighted by molar-refractivity contribution is 7.80. The largest absolute Gasteiger partial charge is 0.352 e. The van der Waals surface area contributed by atoms with Crippen LogP contribution in [0.1, 0.15) is 29.2 Å². The minimum absolute atomic E-state index is 0.121. The zero-order chi connectivity index (χ0) is 21.2. The molecular weight excluding hydrogens is 409 g/mol. The number of rotatable bonds is 5. The van der Waals surface area contributed by atoms with Crippen LogP contribution in [0.25, 0.3) is 5.69 Å². The first kappa shape index (κ1) is 19.4. The van der Waals surface area contributed by atoms with Crippen LogP contribution in [-0.4, -0.2) is 24.5 Å². The SMILES string of the molecule is Fc1ccc(-n2cccc2[C@H]2[C@@H](c3ccccn3)NC(=S)N2Cc2ccccn2)cc1. The summed E-state index contributed by atoms with van der Waals surface area (Å²) >= 11 is 5.75. The number of pyridine rings is 2. The Balaban J connectivity index is 1.60. The Morgan fingerprint density at radius 3 is 2.39 bits per heavy atom. The lowest BCUT2D eigenvalue weighted by Crippen LogP contribution is -2.30. The van der Waals surface area contributed by atoms with Gasteiger partial charge in [-0.3, -0.25) is 9.97 Å². The van der Waals surface area contributed by atoms with Crippen molar-refractivity contribution in [2.24, 2.45) is 0 Å². The van der Waals surface area contributed by atoms with Crippen LogP contribution in [0, 0.1) is 5.82 Å². The van der Waals surface area contributed by atoms with E-state index in [1.165, 1.54) is 12.1 Å². The fourth-order valence-corrected chi connectivity index (χ4v) is 4.34. The Bertz CT molecular complexity index is 1180. The lowest BCUT2D eigenvalue weighted by Gasteiger charge is -2.28. The minimum Gasteiger partial charge on any atom is -0.352 e. The monoisotopic (exact) mass is 429 g/mol. The van der Waals surface area contributed by atoms with E-state index in [9.17, 15) is 4.39 Å². The Morgan fingerprint density at radius 1 is 0.903 bits per heavy atom. The summed E-state index contributed by atoms with van der Waals surface area (Å²) in [6.45, 7) is 0.565. The van der Waals surface area contributed by atoms with E-state index in [2.05, 4.69) is 30.8 Å². The van der Waals surface area contributed by atoms with Gasteiger partial charge in [0.25, 0.3) is 0 Å². The predicted molar refractivity (Wildman–Crippen MR) is 121 cm³/mol. The number of benzene rings is 1. The highest BCUT2D eigenvalue weighted by atomic mass is 32.1. The molecule has 5 rings (SSSR count). The number of thiocarbonyl (C=S) groups is 1. The molecule has 7 heteroatoms. The summed E-state index contributed by atoms with van der Waals surface area (Å²) in [6.07, 6.45) is 5.56. The average Bonchev–Trinajstić information content (AvgIpc) is 3.40. The molecule has 4 heterocycles. The summed E-state index contributed by atoms with van der Waals surface area (Å²) in [6, 6.07) is 22.1. The van der Waals surface area contributed by atoms with E-state index in [-0.39, 0.29) is 17.9 Å². The normalized spacial score (nSPS) is 18.2. The Morgan fingerprint density at radius 2 is 1.68 bits per heavy atom. The molecule has 4 aromatic rings. The summed E-state index contributed by atoms with van der Waals surface area (Å²) in [7, 11) is 0. The molecule has 2 atom stereocenters. The minimum atomic E-state index is -0.260. The van der Waals surface area contributed by atoms with E-state index >= 15 is 0 Å². The zero-order valence-electron chi connectivity index (χ0n) is 16.6. The quantitative estimate of drug-likeness (QED) is 0.471. The van der Waals surface area contributed by atoms with Crippen LogP contribution < -0.4 is 5.32 Å². The van der Waals surface area contributed by atoms with Crippen LogP contribution in [0.15, 0.2) is 91.4 Å². The third-order valence-electron chi connectivity index (χ3n) is 5.44. The molecule has 1 fully saturated rings. The molecule has 0 bridgehead atoms. The van der Waals surface area contributed by atoms with Crippen LogP contribution >= 0.6 is 12.2 Å². The van der Waals surface area contributed by atoms with Crippen molar-refractivity contribution in [2.45, 2.75) is 18.6 Å². The maximum atomic E-state index is 13.5. The van der Waals surface area contributed by atoms with Crippen molar-refractivity contribution in [3.8, 4) is 5.69 Å². The second-order valence-corrected chi connectivity index (χ2v) is 7.74. The summed E-state index contributed by atoms with van der Waals surface area (Å²) in [4.78, 5) is 11.2. The molecule has 0 aliphatic carbocycles. The van der Waals surface area contributed by atoms with Crippen LogP contribution in [0.3, 0.4) is 0 Å². The standard InChI is InChI=1S/C24H20FN5S/c25-17-9-11-19(12-10-17)29-15-5-8-21(29)23-22(20-7-2-4-14-27-20)28-24(31)30(23)16-18-6-1-3-13-26-18/h1-15,22-23H,16H2,(H,28,31)/t22-,23+/m1/s1. The molecule has 1 saturated heterocycles. The molecule has 154 valence electrons. The molecule has 1 aromatic carbocycles. The molecular formula is C24H20FN5S. The van der Waals surface area contributed by atoms with Gasteiger partial charge in [0.1, 0.15) is 5.82 Å². The highest BCUT2D eigenvalue weighted by Crippen LogP contribution is 2.40. The van der Waals surface area contributed by atoms with Gasteiger partial charge in [-0.2, -0.15) is 0 Å². The predicted octanol–water partition coefficient (Wildman–Crippen LogP) is 4.58. The van der Waals surface area contributed by atoms with Gasteiger partial charge in [0.15, 0.2) is 5.11 Å². The van der Waals surface area contributed by atoms with Gasteiger partial charge in [0, 0.05) is 30.0 Å². The van der Waals surface area contributed by atoms with Gasteiger partial charge >= 0.3 is 0 Å². The van der Waals surface area contributed by atoms with E-state index in [1.54, 1.807) is 24.5 Å². The van der Waals surface area contributed by atoms with Gasteiger partial charge < -0.3 is 14.8 Å². The number of hydrogen-bond donors (Lipinski definition) is 1. The van der Waals surface area contributed by atoms with E-state index in [0.29, 0.717) is 11.7 Å². The van der Waals surface area contributed by atoms with Gasteiger partial charge in [0.2, 0.25) is 0 Å². The first-order valence-electron chi connectivity index (χ1n) is 10.0. The molecule has 0 unspecified atom stereocenters. The van der Waals surface area contributed by atoms with Gasteiger partial charge in [-0.1, -0.05) is 12.1 Å². The molecule has 1 aliphatic rings. The van der Waals surface area contributed by atoms with Crippen LogP contribution in [-0.2, 0) is 6.54 Å². The van der Waals surface area contributed by atoms with Crippen LogP contribution in [0.5, 0.6) is 0 Å². The van der Waals surface area contributed by atoms with Gasteiger partial charge in [-0.05, 0) is 72.9 Å². The summed E-state index contributed by atoms with van der Waals surface area (Å²) < 4.78 is 15.6. The molecule has 5 nitrogen and oxygen atoms in total. The Hall–Kier alpha value is -3.58. The molecule has 1 N–H and O–H groups in total. The van der Waals surface area contributed by atoms with E-state index in [4.69, 9.17) is 12.2 Å². The number of aromatic nitrogens is 3. The van der Waals surface area contributed by atoms with Crippen LogP contribution in [0.2, 0.25) is 0 Å². The summed E-state index contributed by atoms with van der Waals surface area (Å²) in [5.74, 6) is -0.260. The van der Waals surface area contributed by atoms with Crippen molar-refractivity contribution in [2.75, 3.05) is 0 Å². The Labute approximate surface area is 185 Å². The molecule has 0 saturated carbocycles. The zero-order valence-corrected chi connectivity index (χ0v) is 17.4. The number of hydrogen-bond acceptors (Lipinski definition) is 3. The molecule has 1 aliphatic heterocycles. The maximum absolute atomic E-state index is 13.5. The average molecular weight is 430 g/mol. The lowest BCUT2D eigenvalue weighted by molar-refractivity contribution is 0.299. The first-order chi connectivity index (χ1) is 15.2. The smallest absolute Gasteiger partial charge is 0.170 e. The van der Waals surface area contributed by atoms with Crippen molar-refractivity contribution in [3.05, 3.63) is 114 Å². The number of halogens is 1. The third kappa shape index (κ3) is 3.80. The highest BCUT2D eigenvalue weighted by Gasteiger charge is 2.41. The van der Waals surface area contributed by atoms with Crippen molar-refractivity contribution in [1.29, 1.82) is 0 Å². The fraction of sp³-hybridized carbons (Fsp3) is 0.125. The van der Waals surface area contributed by atoms with E-state index in [0.717, 1.165) is 22.8 Å². The summed E-state index contributed by atoms with van der Waals surface area (Å²) in [5, 5.41) is 4.11. The lowest BCUT2D eigenvalue weighted by atomic mass is 10.0. The van der Waals surface area contributed by atoms with E-state index in [1.807, 2.05) is 48.7 Å². The van der Waals surface area contributed by atoms with Gasteiger partial charge in [-0.15, -0.1) is 0 Å². The van der Waals surface area contributed by atoms with Gasteiger partial charge in [0.05, 0.1) is 30.0 Å². The molecule has 3 aromatic heterocycles. The third-order valence-corrected chi connectivity index (χ3v) is 5.80. The maximum Gasteiger partial charge on any atom is 0.170 e.